The molecule has 2 N–H and O–H groups in total. The summed E-state index contributed by atoms with van der Waals surface area (Å²) in [5, 5.41) is 3.02. The number of para-hydroxylation sites is 1. The number of benzene rings is 1. The zero-order valence-corrected chi connectivity index (χ0v) is 14.3. The predicted octanol–water partition coefficient (Wildman–Crippen LogP) is 3.29. The Bertz CT molecular complexity index is 737. The smallest absolute Gasteiger partial charge is 0.268 e. The van der Waals surface area contributed by atoms with Gasteiger partial charge in [-0.05, 0) is 31.4 Å². The number of hydrogen-bond acceptors (Lipinski definition) is 3. The molecule has 0 aliphatic rings. The number of amides is 1. The second-order valence-corrected chi connectivity index (χ2v) is 6.06. The van der Waals surface area contributed by atoms with Gasteiger partial charge in [-0.1, -0.05) is 38.1 Å². The molecule has 5 nitrogen and oxygen atoms in total. The van der Waals surface area contributed by atoms with Crippen molar-refractivity contribution >= 4 is 5.91 Å². The van der Waals surface area contributed by atoms with Crippen LogP contribution in [0.25, 0.3) is 0 Å². The number of pyridine rings is 1. The SMILES string of the molecule is CCOc1ccccc1[C@@H](CC(C)C)NC(=O)c1cccc(=O)[nH]1. The van der Waals surface area contributed by atoms with Crippen LogP contribution in [-0.2, 0) is 0 Å². The third kappa shape index (κ3) is 4.72. The maximum absolute atomic E-state index is 12.5. The molecule has 1 aromatic heterocycles. The fraction of sp³-hybridized carbons (Fsp3) is 0.368. The number of hydrogen-bond donors (Lipinski definition) is 2. The van der Waals surface area contributed by atoms with Crippen LogP contribution in [0.15, 0.2) is 47.3 Å². The van der Waals surface area contributed by atoms with E-state index in [9.17, 15) is 9.59 Å². The number of rotatable bonds is 7. The Kier molecular flexibility index (Phi) is 6.18. The predicted molar refractivity (Wildman–Crippen MR) is 94.3 cm³/mol. The monoisotopic (exact) mass is 328 g/mol. The van der Waals surface area contributed by atoms with Gasteiger partial charge in [0.05, 0.1) is 12.6 Å². The van der Waals surface area contributed by atoms with Gasteiger partial charge in [-0.25, -0.2) is 0 Å². The molecule has 2 rings (SSSR count). The number of aromatic nitrogens is 1. The van der Waals surface area contributed by atoms with Gasteiger partial charge in [0.15, 0.2) is 0 Å². The second-order valence-electron chi connectivity index (χ2n) is 6.06. The molecule has 1 aromatic carbocycles. The van der Waals surface area contributed by atoms with E-state index in [-0.39, 0.29) is 23.2 Å². The Labute approximate surface area is 142 Å². The van der Waals surface area contributed by atoms with Gasteiger partial charge in [-0.3, -0.25) is 9.59 Å². The van der Waals surface area contributed by atoms with Crippen LogP contribution in [0.2, 0.25) is 0 Å². The number of nitrogens with one attached hydrogen (secondary N) is 2. The van der Waals surface area contributed by atoms with E-state index in [1.165, 1.54) is 6.07 Å². The van der Waals surface area contributed by atoms with Crippen molar-refractivity contribution in [3.05, 3.63) is 64.1 Å². The molecule has 0 aliphatic heterocycles. The van der Waals surface area contributed by atoms with E-state index in [0.717, 1.165) is 17.7 Å². The highest BCUT2D eigenvalue weighted by Gasteiger charge is 2.20. The first-order chi connectivity index (χ1) is 11.5. The van der Waals surface area contributed by atoms with Crippen molar-refractivity contribution in [2.75, 3.05) is 6.61 Å². The Morgan fingerprint density at radius 3 is 2.58 bits per heavy atom. The normalized spacial score (nSPS) is 12.0. The molecular weight excluding hydrogens is 304 g/mol. The van der Waals surface area contributed by atoms with Crippen molar-refractivity contribution in [1.82, 2.24) is 10.3 Å². The molecule has 0 saturated carbocycles. The Morgan fingerprint density at radius 2 is 1.92 bits per heavy atom. The molecule has 5 heteroatoms. The molecule has 128 valence electrons. The Balaban J connectivity index is 2.29. The van der Waals surface area contributed by atoms with Gasteiger partial charge in [-0.2, -0.15) is 0 Å². The first-order valence-electron chi connectivity index (χ1n) is 8.23. The Hall–Kier alpha value is -2.56. The summed E-state index contributed by atoms with van der Waals surface area (Å²) in [6.45, 7) is 6.70. The van der Waals surface area contributed by atoms with Crippen molar-refractivity contribution in [2.24, 2.45) is 5.92 Å². The van der Waals surface area contributed by atoms with E-state index in [0.29, 0.717) is 12.5 Å². The van der Waals surface area contributed by atoms with Crippen molar-refractivity contribution in [2.45, 2.75) is 33.2 Å². The van der Waals surface area contributed by atoms with Gasteiger partial charge >= 0.3 is 0 Å². The highest BCUT2D eigenvalue weighted by molar-refractivity contribution is 5.92. The summed E-state index contributed by atoms with van der Waals surface area (Å²) in [6.07, 6.45) is 0.771. The summed E-state index contributed by atoms with van der Waals surface area (Å²) in [7, 11) is 0. The van der Waals surface area contributed by atoms with Crippen LogP contribution in [0.3, 0.4) is 0 Å². The standard InChI is InChI=1S/C19H24N2O3/c1-4-24-17-10-6-5-8-14(17)16(12-13(2)3)21-19(23)15-9-7-11-18(22)20-15/h5-11,13,16H,4,12H2,1-3H3,(H,20,22)(H,21,23)/t16-/m1/s1. The van der Waals surface area contributed by atoms with Crippen molar-refractivity contribution < 1.29 is 9.53 Å². The molecule has 0 fully saturated rings. The first kappa shape index (κ1) is 17.8. The van der Waals surface area contributed by atoms with Crippen LogP contribution >= 0.6 is 0 Å². The van der Waals surface area contributed by atoms with Crippen LogP contribution in [-0.4, -0.2) is 17.5 Å². The van der Waals surface area contributed by atoms with E-state index >= 15 is 0 Å². The zero-order chi connectivity index (χ0) is 17.5. The highest BCUT2D eigenvalue weighted by atomic mass is 16.5. The average molecular weight is 328 g/mol. The molecular formula is C19H24N2O3. The van der Waals surface area contributed by atoms with Crippen molar-refractivity contribution in [3.8, 4) is 5.75 Å². The Morgan fingerprint density at radius 1 is 1.17 bits per heavy atom. The third-order valence-electron chi connectivity index (χ3n) is 3.62. The van der Waals surface area contributed by atoms with Gasteiger partial charge in [0.25, 0.3) is 5.91 Å². The van der Waals surface area contributed by atoms with Gasteiger partial charge in [0.1, 0.15) is 11.4 Å². The second kappa shape index (κ2) is 8.34. The fourth-order valence-corrected chi connectivity index (χ4v) is 2.61. The largest absolute Gasteiger partial charge is 0.494 e. The lowest BCUT2D eigenvalue weighted by Gasteiger charge is -2.23. The van der Waals surface area contributed by atoms with Crippen LogP contribution < -0.4 is 15.6 Å². The number of ether oxygens (including phenoxy) is 1. The minimum Gasteiger partial charge on any atom is -0.494 e. The van der Waals surface area contributed by atoms with Crippen molar-refractivity contribution in [3.63, 3.8) is 0 Å². The molecule has 0 unspecified atom stereocenters. The van der Waals surface area contributed by atoms with Gasteiger partial charge in [-0.15, -0.1) is 0 Å². The van der Waals surface area contributed by atoms with E-state index in [4.69, 9.17) is 4.74 Å². The van der Waals surface area contributed by atoms with Crippen LogP contribution in [0.1, 0.15) is 49.3 Å². The molecule has 0 radical (unpaired) electrons. The average Bonchev–Trinajstić information content (AvgIpc) is 2.54. The van der Waals surface area contributed by atoms with Crippen molar-refractivity contribution in [1.29, 1.82) is 0 Å². The van der Waals surface area contributed by atoms with E-state index in [1.54, 1.807) is 12.1 Å². The summed E-state index contributed by atoms with van der Waals surface area (Å²) in [6, 6.07) is 12.1. The highest BCUT2D eigenvalue weighted by Crippen LogP contribution is 2.29. The lowest BCUT2D eigenvalue weighted by atomic mass is 9.96. The summed E-state index contributed by atoms with van der Waals surface area (Å²) in [5.41, 5.74) is 0.905. The maximum Gasteiger partial charge on any atom is 0.268 e. The van der Waals surface area contributed by atoms with Crippen LogP contribution in [0.4, 0.5) is 0 Å². The molecule has 0 spiro atoms. The number of H-pyrrole nitrogens is 1. The molecule has 1 heterocycles. The van der Waals surface area contributed by atoms with Crippen LogP contribution in [0, 0.1) is 5.92 Å². The maximum atomic E-state index is 12.5. The molecule has 0 aliphatic carbocycles. The summed E-state index contributed by atoms with van der Waals surface area (Å²) in [5.74, 6) is 0.858. The fourth-order valence-electron chi connectivity index (χ4n) is 2.61. The summed E-state index contributed by atoms with van der Waals surface area (Å²) in [4.78, 5) is 26.5. The summed E-state index contributed by atoms with van der Waals surface area (Å²) >= 11 is 0. The third-order valence-corrected chi connectivity index (χ3v) is 3.62. The van der Waals surface area contributed by atoms with Crippen LogP contribution in [0.5, 0.6) is 5.75 Å². The number of carbonyl (C=O) groups is 1. The topological polar surface area (TPSA) is 71.2 Å². The first-order valence-corrected chi connectivity index (χ1v) is 8.23. The molecule has 2 aromatic rings. The van der Waals surface area contributed by atoms with Gasteiger partial charge < -0.3 is 15.0 Å². The lowest BCUT2D eigenvalue weighted by molar-refractivity contribution is 0.0926. The van der Waals surface area contributed by atoms with E-state index in [2.05, 4.69) is 24.1 Å². The van der Waals surface area contributed by atoms with Gasteiger partial charge in [0, 0.05) is 11.6 Å². The zero-order valence-electron chi connectivity index (χ0n) is 14.3. The molecule has 1 amide bonds. The minimum atomic E-state index is -0.301. The molecule has 0 saturated heterocycles. The number of aromatic amines is 1. The molecule has 24 heavy (non-hydrogen) atoms. The van der Waals surface area contributed by atoms with E-state index < -0.39 is 0 Å². The minimum absolute atomic E-state index is 0.191. The summed E-state index contributed by atoms with van der Waals surface area (Å²) < 4.78 is 5.70. The molecule has 0 bridgehead atoms. The lowest BCUT2D eigenvalue weighted by Crippen LogP contribution is -2.31. The van der Waals surface area contributed by atoms with Gasteiger partial charge in [0.2, 0.25) is 5.56 Å². The quantitative estimate of drug-likeness (QED) is 0.819. The van der Waals surface area contributed by atoms with E-state index in [1.807, 2.05) is 31.2 Å². The molecule has 1 atom stereocenters. The number of carbonyl (C=O) groups excluding carboxylic acids is 1.